The van der Waals surface area contributed by atoms with Gasteiger partial charge in [0.15, 0.2) is 0 Å². The number of ketones is 1. The first-order chi connectivity index (χ1) is 15.3. The topological polar surface area (TPSA) is 139 Å². The molecule has 162 valence electrons. The summed E-state index contributed by atoms with van der Waals surface area (Å²) in [5, 5.41) is 20.8. The third-order valence-electron chi connectivity index (χ3n) is 4.79. The van der Waals surface area contributed by atoms with Gasteiger partial charge in [-0.3, -0.25) is 14.9 Å². The molecule has 0 spiro atoms. The molecule has 3 rings (SSSR count). The number of nitriles is 1. The van der Waals surface area contributed by atoms with Crippen LogP contribution in [0.4, 0.5) is 5.69 Å². The molecule has 0 atom stereocenters. The summed E-state index contributed by atoms with van der Waals surface area (Å²) >= 11 is 0. The van der Waals surface area contributed by atoms with Gasteiger partial charge >= 0.3 is 5.97 Å². The van der Waals surface area contributed by atoms with E-state index in [0.29, 0.717) is 11.3 Å². The van der Waals surface area contributed by atoms with Gasteiger partial charge in [0, 0.05) is 17.8 Å². The monoisotopic (exact) mass is 433 g/mol. The number of benzene rings is 1. The van der Waals surface area contributed by atoms with Crippen LogP contribution >= 0.6 is 0 Å². The first-order valence-corrected chi connectivity index (χ1v) is 9.64. The molecule has 3 aromatic rings. The summed E-state index contributed by atoms with van der Waals surface area (Å²) < 4.78 is 10.7. The van der Waals surface area contributed by atoms with Crippen molar-refractivity contribution in [2.45, 2.75) is 20.8 Å². The molecule has 32 heavy (non-hydrogen) atoms. The number of furan rings is 1. The quantitative estimate of drug-likeness (QED) is 0.141. The summed E-state index contributed by atoms with van der Waals surface area (Å²) in [6.07, 6.45) is 1.25. The number of aromatic amines is 1. The molecular formula is C23H19N3O6. The molecule has 0 unspecified atom stereocenters. The van der Waals surface area contributed by atoms with Gasteiger partial charge in [-0.05, 0) is 44.5 Å². The predicted octanol–water partition coefficient (Wildman–Crippen LogP) is 4.77. The summed E-state index contributed by atoms with van der Waals surface area (Å²) in [4.78, 5) is 38.7. The zero-order valence-electron chi connectivity index (χ0n) is 17.6. The molecule has 0 fully saturated rings. The van der Waals surface area contributed by atoms with Gasteiger partial charge < -0.3 is 14.1 Å². The first-order valence-electron chi connectivity index (χ1n) is 9.64. The number of allylic oxidation sites excluding steroid dienone is 1. The van der Waals surface area contributed by atoms with E-state index in [-0.39, 0.29) is 46.2 Å². The summed E-state index contributed by atoms with van der Waals surface area (Å²) in [6, 6.07) is 11.0. The molecule has 0 aliphatic carbocycles. The SMILES string of the molecule is CCOC(=O)c1c(C)[nH]c(C(=O)/C(C#N)=C/c2ccc(-c3ccccc3[N+](=O)[O-])o2)c1C. The number of hydrogen-bond donors (Lipinski definition) is 1. The van der Waals surface area contributed by atoms with E-state index >= 15 is 0 Å². The molecule has 0 bridgehead atoms. The minimum atomic E-state index is -0.618. The Labute approximate surface area is 183 Å². The lowest BCUT2D eigenvalue weighted by molar-refractivity contribution is -0.384. The van der Waals surface area contributed by atoms with Crippen molar-refractivity contribution in [1.82, 2.24) is 4.98 Å². The molecule has 1 N–H and O–H groups in total. The molecule has 0 aliphatic rings. The van der Waals surface area contributed by atoms with Crippen molar-refractivity contribution in [3.8, 4) is 17.4 Å². The van der Waals surface area contributed by atoms with Gasteiger partial charge in [-0.25, -0.2) is 4.79 Å². The zero-order chi connectivity index (χ0) is 23.4. The van der Waals surface area contributed by atoms with Crippen molar-refractivity contribution >= 4 is 23.5 Å². The van der Waals surface area contributed by atoms with E-state index in [1.54, 1.807) is 39.0 Å². The van der Waals surface area contributed by atoms with Gasteiger partial charge in [0.2, 0.25) is 5.78 Å². The third-order valence-corrected chi connectivity index (χ3v) is 4.79. The number of hydrogen-bond acceptors (Lipinski definition) is 7. The standard InChI is InChI=1S/C23H19N3O6/c1-4-31-23(28)20-13(2)21(25-14(20)3)22(27)15(12-24)11-16-9-10-19(32-16)17-7-5-6-8-18(17)26(29)30/h5-11,25H,4H2,1-3H3/b15-11+. The van der Waals surface area contributed by atoms with Crippen LogP contribution < -0.4 is 0 Å². The number of para-hydroxylation sites is 1. The Balaban J connectivity index is 1.96. The Morgan fingerprint density at radius 3 is 2.62 bits per heavy atom. The van der Waals surface area contributed by atoms with Gasteiger partial charge in [0.1, 0.15) is 23.2 Å². The number of aryl methyl sites for hydroxylation is 1. The summed E-state index contributed by atoms with van der Waals surface area (Å²) in [6.45, 7) is 5.10. The second-order valence-electron chi connectivity index (χ2n) is 6.82. The van der Waals surface area contributed by atoms with Gasteiger partial charge in [-0.15, -0.1) is 0 Å². The van der Waals surface area contributed by atoms with Crippen LogP contribution in [0.2, 0.25) is 0 Å². The molecule has 2 aromatic heterocycles. The Kier molecular flexibility index (Phi) is 6.35. The number of carbonyl (C=O) groups excluding carboxylic acids is 2. The number of aromatic nitrogens is 1. The fourth-order valence-electron chi connectivity index (χ4n) is 3.33. The van der Waals surface area contributed by atoms with Crippen molar-refractivity contribution in [3.63, 3.8) is 0 Å². The Hall–Kier alpha value is -4.45. The number of H-pyrrole nitrogens is 1. The molecule has 9 heteroatoms. The maximum absolute atomic E-state index is 13.0. The van der Waals surface area contributed by atoms with Crippen LogP contribution in [0, 0.1) is 35.3 Å². The number of rotatable bonds is 7. The van der Waals surface area contributed by atoms with Gasteiger partial charge in [-0.1, -0.05) is 12.1 Å². The van der Waals surface area contributed by atoms with E-state index in [0.717, 1.165) is 0 Å². The lowest BCUT2D eigenvalue weighted by Crippen LogP contribution is -2.08. The number of ether oxygens (including phenoxy) is 1. The highest BCUT2D eigenvalue weighted by molar-refractivity contribution is 6.15. The fourth-order valence-corrected chi connectivity index (χ4v) is 3.33. The Bertz CT molecular complexity index is 1290. The van der Waals surface area contributed by atoms with Crippen molar-refractivity contribution in [1.29, 1.82) is 5.26 Å². The predicted molar refractivity (Wildman–Crippen MR) is 115 cm³/mol. The summed E-state index contributed by atoms with van der Waals surface area (Å²) in [5.74, 6) is -0.771. The average Bonchev–Trinajstić information content (AvgIpc) is 3.35. The highest BCUT2D eigenvalue weighted by atomic mass is 16.6. The van der Waals surface area contributed by atoms with Crippen LogP contribution in [0.3, 0.4) is 0 Å². The second kappa shape index (κ2) is 9.14. The molecular weight excluding hydrogens is 414 g/mol. The first kappa shape index (κ1) is 22.2. The highest BCUT2D eigenvalue weighted by Crippen LogP contribution is 2.31. The molecule has 9 nitrogen and oxygen atoms in total. The molecule has 0 radical (unpaired) electrons. The zero-order valence-corrected chi connectivity index (χ0v) is 17.6. The number of nitro groups is 1. The molecule has 0 saturated heterocycles. The van der Waals surface area contributed by atoms with Crippen LogP contribution in [0.15, 0.2) is 46.4 Å². The van der Waals surface area contributed by atoms with Gasteiger partial charge in [-0.2, -0.15) is 5.26 Å². The Morgan fingerprint density at radius 1 is 1.25 bits per heavy atom. The minimum Gasteiger partial charge on any atom is -0.462 e. The maximum atomic E-state index is 13.0. The second-order valence-corrected chi connectivity index (χ2v) is 6.82. The fraction of sp³-hybridized carbons (Fsp3) is 0.174. The largest absolute Gasteiger partial charge is 0.462 e. The molecule has 0 saturated carbocycles. The van der Waals surface area contributed by atoms with E-state index in [2.05, 4.69) is 4.98 Å². The van der Waals surface area contributed by atoms with Gasteiger partial charge in [0.25, 0.3) is 5.69 Å². The van der Waals surface area contributed by atoms with Crippen molar-refractivity contribution in [2.75, 3.05) is 6.61 Å². The smallest absolute Gasteiger partial charge is 0.340 e. The van der Waals surface area contributed by atoms with Crippen LogP contribution in [-0.4, -0.2) is 28.3 Å². The van der Waals surface area contributed by atoms with Crippen LogP contribution in [0.25, 0.3) is 17.4 Å². The van der Waals surface area contributed by atoms with Crippen molar-refractivity contribution < 1.29 is 23.7 Å². The van der Waals surface area contributed by atoms with E-state index < -0.39 is 16.7 Å². The number of Topliss-reactive ketones (excluding diaryl/α,β-unsaturated/α-hetero) is 1. The van der Waals surface area contributed by atoms with E-state index in [4.69, 9.17) is 9.15 Å². The lowest BCUT2D eigenvalue weighted by Gasteiger charge is -2.02. The minimum absolute atomic E-state index is 0.101. The molecule has 2 heterocycles. The molecule has 1 aromatic carbocycles. The lowest BCUT2D eigenvalue weighted by atomic mass is 10.0. The highest BCUT2D eigenvalue weighted by Gasteiger charge is 2.25. The number of carbonyl (C=O) groups is 2. The number of nitro benzene ring substituents is 1. The number of nitrogens with one attached hydrogen (secondary N) is 1. The van der Waals surface area contributed by atoms with Crippen LogP contribution in [-0.2, 0) is 4.74 Å². The third kappa shape index (κ3) is 4.20. The summed E-state index contributed by atoms with van der Waals surface area (Å²) in [7, 11) is 0. The maximum Gasteiger partial charge on any atom is 0.340 e. The number of nitrogens with zero attached hydrogens (tertiary/aromatic N) is 2. The van der Waals surface area contributed by atoms with Crippen molar-refractivity contribution in [3.05, 3.63) is 80.4 Å². The molecule has 0 aliphatic heterocycles. The van der Waals surface area contributed by atoms with Crippen LogP contribution in [0.5, 0.6) is 0 Å². The van der Waals surface area contributed by atoms with E-state index in [1.807, 2.05) is 6.07 Å². The van der Waals surface area contributed by atoms with E-state index in [1.165, 1.54) is 24.3 Å². The van der Waals surface area contributed by atoms with Crippen molar-refractivity contribution in [2.24, 2.45) is 0 Å². The molecule has 0 amide bonds. The Morgan fingerprint density at radius 2 is 1.97 bits per heavy atom. The summed E-state index contributed by atoms with van der Waals surface area (Å²) in [5.41, 5.74) is 1.11. The number of esters is 1. The van der Waals surface area contributed by atoms with Gasteiger partial charge in [0.05, 0.1) is 28.4 Å². The normalized spacial score (nSPS) is 11.1. The van der Waals surface area contributed by atoms with Crippen LogP contribution in [0.1, 0.15) is 44.8 Å². The average molecular weight is 433 g/mol. The van der Waals surface area contributed by atoms with E-state index in [9.17, 15) is 25.0 Å².